The van der Waals surface area contributed by atoms with Gasteiger partial charge in [0.25, 0.3) is 0 Å². The van der Waals surface area contributed by atoms with Crippen LogP contribution in [-0.2, 0) is 5.41 Å². The second-order valence-corrected chi connectivity index (χ2v) is 8.49. The highest BCUT2D eigenvalue weighted by Crippen LogP contribution is 2.72. The van der Waals surface area contributed by atoms with Gasteiger partial charge < -0.3 is 10.4 Å². The van der Waals surface area contributed by atoms with Crippen molar-refractivity contribution in [2.75, 3.05) is 18.4 Å². The normalized spacial score (nSPS) is 51.1. The fourth-order valence-corrected chi connectivity index (χ4v) is 7.56. The zero-order valence-corrected chi connectivity index (χ0v) is 13.0. The Hall–Kier alpha value is -1.06. The van der Waals surface area contributed by atoms with Crippen LogP contribution < -0.4 is 5.32 Å². The fraction of sp³-hybridized carbons (Fsp3) is 0.684. The van der Waals surface area contributed by atoms with E-state index < -0.39 is 0 Å². The van der Waals surface area contributed by atoms with Crippen molar-refractivity contribution >= 4 is 5.69 Å². The minimum atomic E-state index is -0.192. The second kappa shape index (κ2) is 3.54. The van der Waals surface area contributed by atoms with Gasteiger partial charge in [-0.1, -0.05) is 18.2 Å². The molecule has 3 saturated carbocycles. The summed E-state index contributed by atoms with van der Waals surface area (Å²) in [6.07, 6.45) is 7.13. The Kier molecular flexibility index (Phi) is 1.99. The number of nitrogens with one attached hydrogen (secondary N) is 1. The van der Waals surface area contributed by atoms with E-state index in [4.69, 9.17) is 0 Å². The van der Waals surface area contributed by atoms with Gasteiger partial charge in [-0.3, -0.25) is 4.90 Å². The van der Waals surface area contributed by atoms with Crippen LogP contribution in [0.1, 0.15) is 44.1 Å². The molecule has 2 bridgehead atoms. The van der Waals surface area contributed by atoms with E-state index >= 15 is 0 Å². The average molecular weight is 296 g/mol. The molecule has 3 heteroatoms. The van der Waals surface area contributed by atoms with E-state index in [1.54, 1.807) is 0 Å². The molecule has 3 spiro atoms. The van der Waals surface area contributed by atoms with Gasteiger partial charge in [0.1, 0.15) is 0 Å². The number of benzene rings is 1. The molecule has 1 aromatic rings. The van der Waals surface area contributed by atoms with Crippen molar-refractivity contribution in [1.82, 2.24) is 4.90 Å². The molecule has 22 heavy (non-hydrogen) atoms. The van der Waals surface area contributed by atoms with Crippen molar-refractivity contribution in [3.8, 4) is 0 Å². The lowest BCUT2D eigenvalue weighted by molar-refractivity contribution is -0.155. The summed E-state index contributed by atoms with van der Waals surface area (Å²) in [5, 5.41) is 15.1. The number of fused-ring (bicyclic) bond motifs is 3. The quantitative estimate of drug-likeness (QED) is 0.772. The zero-order valence-electron chi connectivity index (χ0n) is 13.0. The molecule has 116 valence electrons. The predicted octanol–water partition coefficient (Wildman–Crippen LogP) is 2.50. The molecule has 2 saturated heterocycles. The molecule has 1 aromatic carbocycles. The number of hydrogen-bond donors (Lipinski definition) is 2. The fourth-order valence-electron chi connectivity index (χ4n) is 7.56. The van der Waals surface area contributed by atoms with Gasteiger partial charge in [0.2, 0.25) is 0 Å². The molecule has 0 aromatic heterocycles. The van der Waals surface area contributed by atoms with E-state index in [1.807, 2.05) is 0 Å². The number of aliphatic hydroxyl groups excluding tert-OH is 1. The van der Waals surface area contributed by atoms with E-state index in [0.717, 1.165) is 12.8 Å². The van der Waals surface area contributed by atoms with E-state index in [0.29, 0.717) is 11.5 Å². The highest BCUT2D eigenvalue weighted by atomic mass is 16.3. The van der Waals surface area contributed by atoms with Gasteiger partial charge in [0.15, 0.2) is 0 Å². The Morgan fingerprint density at radius 3 is 2.91 bits per heavy atom. The van der Waals surface area contributed by atoms with Crippen LogP contribution in [0.4, 0.5) is 5.69 Å². The smallest absolute Gasteiger partial charge is 0.0785 e. The van der Waals surface area contributed by atoms with Crippen LogP contribution in [0, 0.1) is 5.41 Å². The van der Waals surface area contributed by atoms with Crippen LogP contribution in [-0.4, -0.2) is 40.8 Å². The third-order valence-electron chi connectivity index (χ3n) is 8.07. The maximum Gasteiger partial charge on any atom is 0.0785 e. The Morgan fingerprint density at radius 1 is 1.09 bits per heavy atom. The molecule has 3 heterocycles. The van der Waals surface area contributed by atoms with Crippen molar-refractivity contribution in [2.24, 2.45) is 5.41 Å². The maximum absolute atomic E-state index is 11.2. The van der Waals surface area contributed by atoms with Gasteiger partial charge >= 0.3 is 0 Å². The lowest BCUT2D eigenvalue weighted by atomic mass is 9.41. The largest absolute Gasteiger partial charge is 0.391 e. The van der Waals surface area contributed by atoms with E-state index in [-0.39, 0.29) is 17.1 Å². The molecule has 3 aliphatic heterocycles. The molecular weight excluding hydrogens is 272 g/mol. The van der Waals surface area contributed by atoms with Crippen molar-refractivity contribution in [3.63, 3.8) is 0 Å². The highest BCUT2D eigenvalue weighted by molar-refractivity contribution is 5.68. The Morgan fingerprint density at radius 2 is 2.00 bits per heavy atom. The number of para-hydroxylation sites is 1. The van der Waals surface area contributed by atoms with Crippen LogP contribution >= 0.6 is 0 Å². The molecule has 2 unspecified atom stereocenters. The second-order valence-electron chi connectivity index (χ2n) is 8.49. The monoisotopic (exact) mass is 296 g/mol. The van der Waals surface area contributed by atoms with Crippen molar-refractivity contribution in [1.29, 1.82) is 0 Å². The zero-order chi connectivity index (χ0) is 14.6. The standard InChI is InChI=1S/C19H24N2O/c22-15-12-17-6-3-10-21-11-9-18(16(17)21)13-4-1-2-5-14(13)20-19(15,18)8-7-17/h1-2,4-5,15-16,20,22H,3,6-12H2/t15-,16+,17?,18-,19?/m1/s1. The highest BCUT2D eigenvalue weighted by Gasteiger charge is 2.77. The van der Waals surface area contributed by atoms with Gasteiger partial charge in [-0.15, -0.1) is 0 Å². The summed E-state index contributed by atoms with van der Waals surface area (Å²) in [5.74, 6) is 0. The molecule has 6 aliphatic rings. The summed E-state index contributed by atoms with van der Waals surface area (Å²) < 4.78 is 0. The molecule has 0 amide bonds. The lowest BCUT2D eigenvalue weighted by Crippen LogP contribution is -2.77. The molecule has 5 atom stereocenters. The lowest BCUT2D eigenvalue weighted by Gasteiger charge is -2.68. The molecule has 2 N–H and O–H groups in total. The molecule has 3 nitrogen and oxygen atoms in total. The van der Waals surface area contributed by atoms with Gasteiger partial charge in [0, 0.05) is 17.1 Å². The molecule has 0 radical (unpaired) electrons. The van der Waals surface area contributed by atoms with Crippen LogP contribution in [0.2, 0.25) is 0 Å². The topological polar surface area (TPSA) is 35.5 Å². The van der Waals surface area contributed by atoms with Crippen molar-refractivity contribution in [2.45, 2.75) is 61.6 Å². The first kappa shape index (κ1) is 12.4. The van der Waals surface area contributed by atoms with E-state index in [1.165, 1.54) is 50.0 Å². The summed E-state index contributed by atoms with van der Waals surface area (Å²) in [5.41, 5.74) is 3.23. The van der Waals surface area contributed by atoms with Crippen LogP contribution in [0.25, 0.3) is 0 Å². The summed E-state index contributed by atoms with van der Waals surface area (Å²) in [4.78, 5) is 2.78. The minimum Gasteiger partial charge on any atom is -0.391 e. The number of hydrogen-bond acceptors (Lipinski definition) is 3. The summed E-state index contributed by atoms with van der Waals surface area (Å²) in [6, 6.07) is 9.56. The number of aliphatic hydroxyl groups is 1. The number of nitrogens with zero attached hydrogens (tertiary/aromatic N) is 1. The van der Waals surface area contributed by atoms with E-state index in [9.17, 15) is 5.11 Å². The first-order chi connectivity index (χ1) is 10.7. The van der Waals surface area contributed by atoms with Crippen LogP contribution in [0.3, 0.4) is 0 Å². The average Bonchev–Trinajstić information content (AvgIpc) is 3.07. The molecular formula is C19H24N2O. The number of anilines is 1. The van der Waals surface area contributed by atoms with Crippen LogP contribution in [0.15, 0.2) is 24.3 Å². The Balaban J connectivity index is 1.68. The molecule has 7 rings (SSSR count). The SMILES string of the molecule is O[C@@H]1CC23CCCN4CC[C@@]5(c6ccccc6NC15CC2)[C@@H]43. The Labute approximate surface area is 131 Å². The van der Waals surface area contributed by atoms with Gasteiger partial charge in [-0.05, 0) is 68.7 Å². The number of piperidine rings is 1. The molecule has 5 fully saturated rings. The molecule has 3 aliphatic carbocycles. The maximum atomic E-state index is 11.2. The first-order valence-electron chi connectivity index (χ1n) is 9.02. The van der Waals surface area contributed by atoms with Crippen molar-refractivity contribution in [3.05, 3.63) is 29.8 Å². The van der Waals surface area contributed by atoms with Crippen LogP contribution in [0.5, 0.6) is 0 Å². The van der Waals surface area contributed by atoms with Gasteiger partial charge in [0.05, 0.1) is 11.6 Å². The summed E-state index contributed by atoms with van der Waals surface area (Å²) >= 11 is 0. The Bertz CT molecular complexity index is 675. The third kappa shape index (κ3) is 1.03. The summed E-state index contributed by atoms with van der Waals surface area (Å²) in [6.45, 7) is 2.49. The van der Waals surface area contributed by atoms with E-state index in [2.05, 4.69) is 34.5 Å². The van der Waals surface area contributed by atoms with Gasteiger partial charge in [-0.2, -0.15) is 0 Å². The third-order valence-corrected chi connectivity index (χ3v) is 8.07. The predicted molar refractivity (Wildman–Crippen MR) is 86.0 cm³/mol. The summed E-state index contributed by atoms with van der Waals surface area (Å²) in [7, 11) is 0. The van der Waals surface area contributed by atoms with Crippen molar-refractivity contribution < 1.29 is 5.11 Å². The van der Waals surface area contributed by atoms with Gasteiger partial charge in [-0.25, -0.2) is 0 Å². The minimum absolute atomic E-state index is 0.102. The number of rotatable bonds is 0. The first-order valence-corrected chi connectivity index (χ1v) is 9.02.